The van der Waals surface area contributed by atoms with Crippen molar-refractivity contribution in [3.63, 3.8) is 0 Å². The Morgan fingerprint density at radius 2 is 1.75 bits per heavy atom. The van der Waals surface area contributed by atoms with Crippen molar-refractivity contribution >= 4 is 15.7 Å². The van der Waals surface area contributed by atoms with Crippen molar-refractivity contribution in [2.75, 3.05) is 18.4 Å². The number of anilines is 1. The summed E-state index contributed by atoms with van der Waals surface area (Å²) in [6.07, 6.45) is 3.06. The molecule has 0 aliphatic carbocycles. The number of rotatable bonds is 5. The molecule has 28 heavy (non-hydrogen) atoms. The summed E-state index contributed by atoms with van der Waals surface area (Å²) in [5, 5.41) is 3.64. The lowest BCUT2D eigenvalue weighted by Gasteiger charge is -2.21. The zero-order valence-corrected chi connectivity index (χ0v) is 16.8. The first-order valence-electron chi connectivity index (χ1n) is 9.30. The number of hydrogen-bond acceptors (Lipinski definition) is 4. The Hall–Kier alpha value is -2.64. The smallest absolute Gasteiger partial charge is 0.262 e. The third-order valence-electron chi connectivity index (χ3n) is 5.20. The van der Waals surface area contributed by atoms with Crippen LogP contribution in [-0.4, -0.2) is 41.4 Å². The Labute approximate surface area is 165 Å². The third kappa shape index (κ3) is 3.68. The van der Waals surface area contributed by atoms with E-state index in [1.165, 1.54) is 11.9 Å². The lowest BCUT2D eigenvalue weighted by atomic mass is 9.94. The Balaban J connectivity index is 1.64. The standard InChI is InChI=1S/C21H24N4O2S/c1-16-8-10-18(11-9-16)23-20-13-25(12-19(20)17-6-4-3-5-7-17)28(26,27)21-14-24(2)15-22-21/h3-11,14-15,19-20,23H,12-13H2,1-2H3/t19-,20+/m1/s1. The summed E-state index contributed by atoms with van der Waals surface area (Å²) in [5.74, 6) is 0.0565. The van der Waals surface area contributed by atoms with Crippen LogP contribution in [0.15, 0.2) is 72.1 Å². The molecule has 2 heterocycles. The molecule has 0 unspecified atom stereocenters. The summed E-state index contributed by atoms with van der Waals surface area (Å²) in [4.78, 5) is 4.06. The van der Waals surface area contributed by atoms with Crippen LogP contribution in [0, 0.1) is 6.92 Å². The molecule has 1 saturated heterocycles. The maximum Gasteiger partial charge on any atom is 0.262 e. The number of nitrogens with zero attached hydrogens (tertiary/aromatic N) is 3. The fourth-order valence-electron chi connectivity index (χ4n) is 3.67. The predicted octanol–water partition coefficient (Wildman–Crippen LogP) is 3.00. The molecule has 1 aliphatic heterocycles. The van der Waals surface area contributed by atoms with Crippen LogP contribution in [0.1, 0.15) is 17.0 Å². The first-order valence-corrected chi connectivity index (χ1v) is 10.7. The molecule has 0 spiro atoms. The van der Waals surface area contributed by atoms with Crippen LogP contribution >= 0.6 is 0 Å². The maximum absolute atomic E-state index is 13.1. The fraction of sp³-hybridized carbons (Fsp3) is 0.286. The van der Waals surface area contributed by atoms with Gasteiger partial charge in [0.15, 0.2) is 5.03 Å². The van der Waals surface area contributed by atoms with Crippen LogP contribution in [-0.2, 0) is 17.1 Å². The van der Waals surface area contributed by atoms with Crippen LogP contribution in [0.5, 0.6) is 0 Å². The molecule has 0 amide bonds. The van der Waals surface area contributed by atoms with E-state index in [9.17, 15) is 8.42 Å². The molecular weight excluding hydrogens is 372 g/mol. The van der Waals surface area contributed by atoms with E-state index >= 15 is 0 Å². The summed E-state index contributed by atoms with van der Waals surface area (Å²) >= 11 is 0. The molecule has 1 N–H and O–H groups in total. The fourth-order valence-corrected chi connectivity index (χ4v) is 5.12. The molecule has 1 aliphatic rings. The van der Waals surface area contributed by atoms with Crippen LogP contribution in [0.25, 0.3) is 0 Å². The molecule has 2 aromatic carbocycles. The lowest BCUT2D eigenvalue weighted by Crippen LogP contribution is -2.32. The Kier molecular flexibility index (Phi) is 4.95. The summed E-state index contributed by atoms with van der Waals surface area (Å²) < 4.78 is 29.4. The van der Waals surface area contributed by atoms with Crippen molar-refractivity contribution in [1.29, 1.82) is 0 Å². The first kappa shape index (κ1) is 18.7. The van der Waals surface area contributed by atoms with Crippen molar-refractivity contribution in [3.05, 3.63) is 78.2 Å². The summed E-state index contributed by atoms with van der Waals surface area (Å²) in [5.41, 5.74) is 3.32. The molecule has 0 bridgehead atoms. The average Bonchev–Trinajstić information content (AvgIpc) is 3.32. The number of hydrogen-bond donors (Lipinski definition) is 1. The highest BCUT2D eigenvalue weighted by atomic mass is 32.2. The molecule has 2 atom stereocenters. The van der Waals surface area contributed by atoms with Gasteiger partial charge >= 0.3 is 0 Å². The Morgan fingerprint density at radius 1 is 1.04 bits per heavy atom. The van der Waals surface area contributed by atoms with E-state index < -0.39 is 10.0 Å². The van der Waals surface area contributed by atoms with Gasteiger partial charge in [-0.2, -0.15) is 4.31 Å². The number of sulfonamides is 1. The van der Waals surface area contributed by atoms with E-state index in [2.05, 4.69) is 34.6 Å². The highest BCUT2D eigenvalue weighted by Crippen LogP contribution is 2.33. The van der Waals surface area contributed by atoms with Crippen LogP contribution in [0.3, 0.4) is 0 Å². The molecule has 4 rings (SSSR count). The number of aryl methyl sites for hydroxylation is 2. The van der Waals surface area contributed by atoms with E-state index in [1.807, 2.05) is 37.3 Å². The van der Waals surface area contributed by atoms with Gasteiger partial charge in [0.2, 0.25) is 0 Å². The molecule has 1 aromatic heterocycles. The number of aromatic nitrogens is 2. The number of benzene rings is 2. The van der Waals surface area contributed by atoms with Crippen molar-refractivity contribution in [2.24, 2.45) is 7.05 Å². The van der Waals surface area contributed by atoms with Gasteiger partial charge in [0.25, 0.3) is 10.0 Å². The molecule has 7 heteroatoms. The Morgan fingerprint density at radius 3 is 2.39 bits per heavy atom. The second-order valence-corrected chi connectivity index (χ2v) is 9.22. The minimum absolute atomic E-state index is 0.0245. The topological polar surface area (TPSA) is 67.2 Å². The van der Waals surface area contributed by atoms with E-state index in [4.69, 9.17) is 0 Å². The molecule has 146 valence electrons. The zero-order chi connectivity index (χ0) is 19.7. The summed E-state index contributed by atoms with van der Waals surface area (Å²) in [6, 6.07) is 18.2. The van der Waals surface area contributed by atoms with Gasteiger partial charge in [0.05, 0.1) is 6.33 Å². The van der Waals surface area contributed by atoms with Crippen LogP contribution in [0.4, 0.5) is 5.69 Å². The monoisotopic (exact) mass is 396 g/mol. The van der Waals surface area contributed by atoms with Gasteiger partial charge in [-0.3, -0.25) is 0 Å². The summed E-state index contributed by atoms with van der Waals surface area (Å²) in [6.45, 7) is 2.87. The van der Waals surface area contributed by atoms with Crippen molar-refractivity contribution in [2.45, 2.75) is 23.9 Å². The van der Waals surface area contributed by atoms with Crippen molar-refractivity contribution in [1.82, 2.24) is 13.9 Å². The highest BCUT2D eigenvalue weighted by Gasteiger charge is 2.40. The van der Waals surface area contributed by atoms with Gasteiger partial charge in [0, 0.05) is 44.0 Å². The quantitative estimate of drug-likeness (QED) is 0.720. The molecular formula is C21H24N4O2S. The Bertz CT molecular complexity index is 1050. The van der Waals surface area contributed by atoms with Gasteiger partial charge in [0.1, 0.15) is 0 Å². The SMILES string of the molecule is Cc1ccc(N[C@H]2CN(S(=O)(=O)c3cn(C)cn3)C[C@@H]2c2ccccc2)cc1. The van der Waals surface area contributed by atoms with E-state index in [0.29, 0.717) is 13.1 Å². The number of imidazole rings is 1. The first-order chi connectivity index (χ1) is 13.4. The van der Waals surface area contributed by atoms with E-state index in [-0.39, 0.29) is 17.0 Å². The normalized spacial score (nSPS) is 20.4. The molecule has 6 nitrogen and oxygen atoms in total. The van der Waals surface area contributed by atoms with E-state index in [1.54, 1.807) is 22.1 Å². The molecule has 1 fully saturated rings. The minimum Gasteiger partial charge on any atom is -0.380 e. The molecule has 0 saturated carbocycles. The van der Waals surface area contributed by atoms with Gasteiger partial charge in [-0.25, -0.2) is 13.4 Å². The number of nitrogens with one attached hydrogen (secondary N) is 1. The molecule has 3 aromatic rings. The van der Waals surface area contributed by atoms with Gasteiger partial charge in [-0.15, -0.1) is 0 Å². The highest BCUT2D eigenvalue weighted by molar-refractivity contribution is 7.89. The third-order valence-corrected chi connectivity index (χ3v) is 6.92. The van der Waals surface area contributed by atoms with E-state index in [0.717, 1.165) is 11.3 Å². The van der Waals surface area contributed by atoms with Crippen molar-refractivity contribution < 1.29 is 8.42 Å². The van der Waals surface area contributed by atoms with Crippen LogP contribution in [0.2, 0.25) is 0 Å². The summed E-state index contributed by atoms with van der Waals surface area (Å²) in [7, 11) is -1.86. The second kappa shape index (κ2) is 7.41. The van der Waals surface area contributed by atoms with Crippen molar-refractivity contribution in [3.8, 4) is 0 Å². The van der Waals surface area contributed by atoms with Gasteiger partial charge < -0.3 is 9.88 Å². The minimum atomic E-state index is -3.63. The largest absolute Gasteiger partial charge is 0.380 e. The molecule has 0 radical (unpaired) electrons. The average molecular weight is 397 g/mol. The maximum atomic E-state index is 13.1. The zero-order valence-electron chi connectivity index (χ0n) is 16.0. The lowest BCUT2D eigenvalue weighted by molar-refractivity contribution is 0.468. The predicted molar refractivity (Wildman–Crippen MR) is 110 cm³/mol. The van der Waals surface area contributed by atoms with Gasteiger partial charge in [-0.05, 0) is 24.6 Å². The van der Waals surface area contributed by atoms with Crippen LogP contribution < -0.4 is 5.32 Å². The second-order valence-electron chi connectivity index (χ2n) is 7.33. The van der Waals surface area contributed by atoms with Gasteiger partial charge in [-0.1, -0.05) is 48.0 Å².